The maximum Gasteiger partial charge on any atom is 0.123 e. The number of aromatic hydroxyl groups is 1. The summed E-state index contributed by atoms with van der Waals surface area (Å²) in [5.41, 5.74) is 2.64. The molecule has 0 radical (unpaired) electrons. The Kier molecular flexibility index (Phi) is 3.66. The predicted molar refractivity (Wildman–Crippen MR) is 62.5 cm³/mol. The molecule has 4 heteroatoms. The largest absolute Gasteiger partial charge is 0.507 e. The molecule has 0 heterocycles. The van der Waals surface area contributed by atoms with Crippen LogP contribution in [0.15, 0.2) is 8.95 Å². The van der Waals surface area contributed by atoms with E-state index in [0.717, 1.165) is 25.6 Å². The van der Waals surface area contributed by atoms with Crippen molar-refractivity contribution in [1.82, 2.24) is 0 Å². The van der Waals surface area contributed by atoms with Crippen LogP contribution < -0.4 is 0 Å². The molecule has 0 unspecified atom stereocenters. The molecule has 0 atom stereocenters. The van der Waals surface area contributed by atoms with Crippen LogP contribution in [0.2, 0.25) is 0 Å². The second kappa shape index (κ2) is 4.20. The van der Waals surface area contributed by atoms with Crippen LogP contribution in [-0.2, 0) is 5.88 Å². The summed E-state index contributed by atoms with van der Waals surface area (Å²) in [6.45, 7) is 3.71. The molecular weight excluding hydrogens is 319 g/mol. The van der Waals surface area contributed by atoms with Crippen LogP contribution in [0, 0.1) is 13.8 Å². The molecule has 0 aliphatic rings. The second-order valence-corrected chi connectivity index (χ2v) is 4.69. The summed E-state index contributed by atoms with van der Waals surface area (Å²) in [6, 6.07) is 0. The SMILES string of the molecule is Cc1c(O)c(C)c(Br)c(CCl)c1Br. The Morgan fingerprint density at radius 2 is 1.54 bits per heavy atom. The van der Waals surface area contributed by atoms with Gasteiger partial charge < -0.3 is 5.11 Å². The molecule has 0 amide bonds. The fourth-order valence-electron chi connectivity index (χ4n) is 1.16. The first kappa shape index (κ1) is 11.3. The van der Waals surface area contributed by atoms with Crippen molar-refractivity contribution in [1.29, 1.82) is 0 Å². The molecular formula is C9H9Br2ClO. The van der Waals surface area contributed by atoms with Gasteiger partial charge in [0.05, 0.1) is 0 Å². The summed E-state index contributed by atoms with van der Waals surface area (Å²) in [6.07, 6.45) is 0. The van der Waals surface area contributed by atoms with E-state index in [1.165, 1.54) is 0 Å². The van der Waals surface area contributed by atoms with Crippen molar-refractivity contribution >= 4 is 43.5 Å². The van der Waals surface area contributed by atoms with Gasteiger partial charge in [0.1, 0.15) is 5.75 Å². The zero-order valence-corrected chi connectivity index (χ0v) is 11.2. The fraction of sp³-hybridized carbons (Fsp3) is 0.333. The molecule has 13 heavy (non-hydrogen) atoms. The third-order valence-corrected chi connectivity index (χ3v) is 4.45. The van der Waals surface area contributed by atoms with Gasteiger partial charge in [-0.2, -0.15) is 0 Å². The van der Waals surface area contributed by atoms with E-state index in [1.54, 1.807) is 0 Å². The Hall–Kier alpha value is 0.270. The number of halogens is 3. The lowest BCUT2D eigenvalue weighted by molar-refractivity contribution is 0.465. The topological polar surface area (TPSA) is 20.2 Å². The van der Waals surface area contributed by atoms with Crippen molar-refractivity contribution in [3.8, 4) is 5.75 Å². The van der Waals surface area contributed by atoms with Gasteiger partial charge in [-0.15, -0.1) is 11.6 Å². The highest BCUT2D eigenvalue weighted by Crippen LogP contribution is 2.39. The van der Waals surface area contributed by atoms with Gasteiger partial charge in [-0.3, -0.25) is 0 Å². The van der Waals surface area contributed by atoms with E-state index in [-0.39, 0.29) is 0 Å². The number of hydrogen-bond donors (Lipinski definition) is 1. The highest BCUT2D eigenvalue weighted by atomic mass is 79.9. The number of alkyl halides is 1. The quantitative estimate of drug-likeness (QED) is 0.763. The molecule has 0 aromatic heterocycles. The van der Waals surface area contributed by atoms with Crippen LogP contribution in [0.5, 0.6) is 5.75 Å². The van der Waals surface area contributed by atoms with E-state index in [0.29, 0.717) is 11.6 Å². The highest BCUT2D eigenvalue weighted by molar-refractivity contribution is 9.11. The van der Waals surface area contributed by atoms with Crippen LogP contribution in [0.4, 0.5) is 0 Å². The number of rotatable bonds is 1. The van der Waals surface area contributed by atoms with E-state index in [1.807, 2.05) is 13.8 Å². The lowest BCUT2D eigenvalue weighted by Crippen LogP contribution is -1.92. The summed E-state index contributed by atoms with van der Waals surface area (Å²) < 4.78 is 1.75. The molecule has 0 saturated heterocycles. The summed E-state index contributed by atoms with van der Waals surface area (Å²) in [5, 5.41) is 9.68. The van der Waals surface area contributed by atoms with Gasteiger partial charge in [-0.05, 0) is 19.4 Å². The maximum atomic E-state index is 9.68. The fourth-order valence-corrected chi connectivity index (χ4v) is 3.06. The van der Waals surface area contributed by atoms with Crippen molar-refractivity contribution in [2.75, 3.05) is 0 Å². The van der Waals surface area contributed by atoms with E-state index in [4.69, 9.17) is 11.6 Å². The third-order valence-electron chi connectivity index (χ3n) is 2.03. The van der Waals surface area contributed by atoms with Gasteiger partial charge in [0.25, 0.3) is 0 Å². The molecule has 72 valence electrons. The Morgan fingerprint density at radius 1 is 1.15 bits per heavy atom. The third kappa shape index (κ3) is 1.88. The molecule has 0 bridgehead atoms. The number of benzene rings is 1. The zero-order valence-electron chi connectivity index (χ0n) is 7.29. The van der Waals surface area contributed by atoms with E-state index < -0.39 is 0 Å². The summed E-state index contributed by atoms with van der Waals surface area (Å²) in [7, 11) is 0. The second-order valence-electron chi connectivity index (χ2n) is 2.84. The van der Waals surface area contributed by atoms with Gasteiger partial charge in [0, 0.05) is 26.0 Å². The van der Waals surface area contributed by atoms with Crippen LogP contribution >= 0.6 is 43.5 Å². The van der Waals surface area contributed by atoms with Crippen LogP contribution in [0.1, 0.15) is 16.7 Å². The molecule has 0 aliphatic heterocycles. The smallest absolute Gasteiger partial charge is 0.123 e. The van der Waals surface area contributed by atoms with Crippen LogP contribution in [0.3, 0.4) is 0 Å². The molecule has 1 N–H and O–H groups in total. The normalized spacial score (nSPS) is 10.5. The minimum Gasteiger partial charge on any atom is -0.507 e. The molecule has 0 saturated carbocycles. The van der Waals surface area contributed by atoms with Gasteiger partial charge in [-0.25, -0.2) is 0 Å². The van der Waals surface area contributed by atoms with E-state index >= 15 is 0 Å². The summed E-state index contributed by atoms with van der Waals surface area (Å²) in [4.78, 5) is 0. The van der Waals surface area contributed by atoms with Crippen molar-refractivity contribution in [2.24, 2.45) is 0 Å². The zero-order chi connectivity index (χ0) is 10.2. The Balaban J connectivity index is 3.56. The van der Waals surface area contributed by atoms with Crippen LogP contribution in [-0.4, -0.2) is 5.11 Å². The molecule has 0 aliphatic carbocycles. The molecule has 0 spiro atoms. The Morgan fingerprint density at radius 3 is 1.85 bits per heavy atom. The molecule has 1 rings (SSSR count). The average molecular weight is 328 g/mol. The number of phenols is 1. The van der Waals surface area contributed by atoms with Crippen molar-refractivity contribution < 1.29 is 5.11 Å². The monoisotopic (exact) mass is 326 g/mol. The first-order chi connectivity index (χ1) is 6.00. The first-order valence-corrected chi connectivity index (χ1v) is 5.84. The minimum atomic E-state index is 0.313. The standard InChI is InChI=1S/C9H9Br2ClO/c1-4-7(10)6(3-12)8(11)5(2)9(4)13/h13H,3H2,1-2H3. The number of hydrogen-bond acceptors (Lipinski definition) is 1. The summed E-state index contributed by atoms with van der Waals surface area (Å²) in [5.74, 6) is 0.732. The Bertz CT molecular complexity index is 321. The van der Waals surface area contributed by atoms with E-state index in [2.05, 4.69) is 31.9 Å². The van der Waals surface area contributed by atoms with Gasteiger partial charge in [-0.1, -0.05) is 31.9 Å². The highest BCUT2D eigenvalue weighted by Gasteiger charge is 2.14. The van der Waals surface area contributed by atoms with Crippen molar-refractivity contribution in [2.45, 2.75) is 19.7 Å². The lowest BCUT2D eigenvalue weighted by Gasteiger charge is -2.12. The molecule has 1 aromatic rings. The molecule has 0 fully saturated rings. The van der Waals surface area contributed by atoms with E-state index in [9.17, 15) is 5.11 Å². The van der Waals surface area contributed by atoms with Crippen molar-refractivity contribution in [3.63, 3.8) is 0 Å². The van der Waals surface area contributed by atoms with Gasteiger partial charge in [0.15, 0.2) is 0 Å². The average Bonchev–Trinajstić information content (AvgIpc) is 2.13. The summed E-state index contributed by atoms with van der Waals surface area (Å²) >= 11 is 12.6. The van der Waals surface area contributed by atoms with Gasteiger partial charge in [0.2, 0.25) is 0 Å². The minimum absolute atomic E-state index is 0.313. The number of phenolic OH excluding ortho intramolecular Hbond substituents is 1. The molecule has 1 nitrogen and oxygen atoms in total. The predicted octanol–water partition coefficient (Wildman–Crippen LogP) is 4.27. The lowest BCUT2D eigenvalue weighted by atomic mass is 10.1. The van der Waals surface area contributed by atoms with Crippen LogP contribution in [0.25, 0.3) is 0 Å². The van der Waals surface area contributed by atoms with Gasteiger partial charge >= 0.3 is 0 Å². The Labute approximate surface area is 99.4 Å². The maximum absolute atomic E-state index is 9.68. The van der Waals surface area contributed by atoms with Crippen molar-refractivity contribution in [3.05, 3.63) is 25.6 Å². The molecule has 1 aromatic carbocycles. The first-order valence-electron chi connectivity index (χ1n) is 3.72.